The second-order valence-corrected chi connectivity index (χ2v) is 15.0. The highest BCUT2D eigenvalue weighted by Gasteiger charge is 1.97. The molecular weight excluding hydrogens is 555 g/mol. The Kier molecular flexibility index (Phi) is 47.1. The van der Waals surface area contributed by atoms with Gasteiger partial charge in [0, 0.05) is 6.42 Å². The second-order valence-electron chi connectivity index (χ2n) is 13.5. The summed E-state index contributed by atoms with van der Waals surface area (Å²) in [6, 6.07) is 0. The van der Waals surface area contributed by atoms with Gasteiger partial charge < -0.3 is 4.74 Å². The summed E-state index contributed by atoms with van der Waals surface area (Å²) in [6.45, 7) is 8.69. The van der Waals surface area contributed by atoms with Crippen LogP contribution in [0.2, 0.25) is 0 Å². The molecule has 0 aromatic rings. The lowest BCUT2D eigenvalue weighted by Crippen LogP contribution is -2.00. The Hall–Kier alpha value is -0.100. The van der Waals surface area contributed by atoms with Gasteiger partial charge in [0.25, 0.3) is 0 Å². The Morgan fingerprint density at radius 1 is 0.364 bits per heavy atom. The molecule has 0 aliphatic heterocycles. The summed E-state index contributed by atoms with van der Waals surface area (Å²) in [5.74, 6) is -0.123. The van der Waals surface area contributed by atoms with Gasteiger partial charge in [-0.15, -0.1) is 8.58 Å². The van der Waals surface area contributed by atoms with E-state index in [0.717, 1.165) is 0 Å². The highest BCUT2D eigenvalue weighted by molar-refractivity contribution is 7.37. The molecule has 3 heteroatoms. The van der Waals surface area contributed by atoms with Gasteiger partial charge in [-0.3, -0.25) is 4.79 Å². The summed E-state index contributed by atoms with van der Waals surface area (Å²) in [5.41, 5.74) is 0. The number of unbranched alkanes of at least 4 members (excludes halogenated alkanes) is 30. The number of rotatable bonds is 36. The molecule has 0 amide bonds. The van der Waals surface area contributed by atoms with E-state index in [-0.39, 0.29) is 5.97 Å². The molecule has 0 spiro atoms. The van der Waals surface area contributed by atoms with Gasteiger partial charge in [0.2, 0.25) is 0 Å². The average Bonchev–Trinajstić information content (AvgIpc) is 3.03. The van der Waals surface area contributed by atoms with Crippen LogP contribution in [0, 0.1) is 0 Å². The highest BCUT2D eigenvalue weighted by atomic mass is 31.1. The molecule has 0 aliphatic carbocycles. The second kappa shape index (κ2) is 45.0. The van der Waals surface area contributed by atoms with Crippen LogP contribution >= 0.6 is 8.58 Å². The first-order valence-corrected chi connectivity index (χ1v) is 22.0. The van der Waals surface area contributed by atoms with Crippen molar-refractivity contribution in [2.75, 3.05) is 18.9 Å². The number of hydrogen-bond donors (Lipinski definition) is 0. The van der Waals surface area contributed by atoms with E-state index in [9.17, 15) is 4.79 Å². The topological polar surface area (TPSA) is 26.3 Å². The maximum Gasteiger partial charge on any atom is 0.305 e. The van der Waals surface area contributed by atoms with E-state index in [1.807, 2.05) is 0 Å². The fourth-order valence-electron chi connectivity index (χ4n) is 5.98. The number of carbonyl (C=O) groups is 1. The SMILES string of the molecule is CCCCCCCCCCCCCCCCCCPCCCCCCCCCCCCCCCCCC.CCOC(=O)CC. The predicted octanol–water partition coefficient (Wildman–Crippen LogP) is 15.1. The molecule has 0 atom stereocenters. The summed E-state index contributed by atoms with van der Waals surface area (Å²) in [7, 11) is 1.25. The van der Waals surface area contributed by atoms with E-state index < -0.39 is 0 Å². The molecule has 0 radical (unpaired) electrons. The molecule has 0 heterocycles. The Labute approximate surface area is 282 Å². The van der Waals surface area contributed by atoms with Crippen molar-refractivity contribution < 1.29 is 9.53 Å². The Morgan fingerprint density at radius 2 is 0.591 bits per heavy atom. The molecule has 0 bridgehead atoms. The van der Waals surface area contributed by atoms with Crippen LogP contribution in [-0.4, -0.2) is 24.9 Å². The van der Waals surface area contributed by atoms with Crippen LogP contribution in [0.15, 0.2) is 0 Å². The largest absolute Gasteiger partial charge is 0.466 e. The van der Waals surface area contributed by atoms with Crippen molar-refractivity contribution in [3.8, 4) is 0 Å². The zero-order valence-electron chi connectivity index (χ0n) is 31.3. The normalized spacial score (nSPS) is 11.0. The van der Waals surface area contributed by atoms with E-state index in [1.165, 1.54) is 226 Å². The van der Waals surface area contributed by atoms with Gasteiger partial charge >= 0.3 is 5.97 Å². The first-order chi connectivity index (χ1) is 21.7. The van der Waals surface area contributed by atoms with Crippen molar-refractivity contribution in [1.29, 1.82) is 0 Å². The van der Waals surface area contributed by atoms with E-state index in [0.29, 0.717) is 13.0 Å². The fourth-order valence-corrected chi connectivity index (χ4v) is 7.23. The first kappa shape index (κ1) is 46.0. The zero-order valence-corrected chi connectivity index (χ0v) is 32.3. The van der Waals surface area contributed by atoms with Gasteiger partial charge in [0.05, 0.1) is 6.61 Å². The van der Waals surface area contributed by atoms with E-state index in [4.69, 9.17) is 0 Å². The summed E-state index contributed by atoms with van der Waals surface area (Å²) >= 11 is 0. The van der Waals surface area contributed by atoms with Crippen LogP contribution in [-0.2, 0) is 9.53 Å². The molecule has 266 valence electrons. The maximum absolute atomic E-state index is 10.2. The van der Waals surface area contributed by atoms with Crippen LogP contribution in [0.5, 0.6) is 0 Å². The molecule has 44 heavy (non-hydrogen) atoms. The molecule has 0 saturated heterocycles. The van der Waals surface area contributed by atoms with Gasteiger partial charge in [-0.2, -0.15) is 0 Å². The van der Waals surface area contributed by atoms with Gasteiger partial charge in [-0.05, 0) is 32.1 Å². The van der Waals surface area contributed by atoms with Gasteiger partial charge in [0.1, 0.15) is 0 Å². The maximum atomic E-state index is 10.2. The van der Waals surface area contributed by atoms with Gasteiger partial charge in [-0.1, -0.05) is 213 Å². The van der Waals surface area contributed by atoms with Crippen molar-refractivity contribution in [2.45, 2.75) is 240 Å². The van der Waals surface area contributed by atoms with Crippen LogP contribution in [0.4, 0.5) is 0 Å². The van der Waals surface area contributed by atoms with E-state index in [1.54, 1.807) is 13.8 Å². The lowest BCUT2D eigenvalue weighted by Gasteiger charge is -2.05. The van der Waals surface area contributed by atoms with Crippen LogP contribution in [0.1, 0.15) is 240 Å². The van der Waals surface area contributed by atoms with Crippen molar-refractivity contribution in [3.63, 3.8) is 0 Å². The molecular formula is C41H85O2P. The van der Waals surface area contributed by atoms with Crippen molar-refractivity contribution >= 4 is 14.6 Å². The number of carbonyl (C=O) groups excluding carboxylic acids is 1. The molecule has 0 aromatic heterocycles. The monoisotopic (exact) mass is 641 g/mol. The predicted molar refractivity (Wildman–Crippen MR) is 204 cm³/mol. The van der Waals surface area contributed by atoms with Crippen LogP contribution in [0.3, 0.4) is 0 Å². The third-order valence-corrected chi connectivity index (χ3v) is 10.4. The van der Waals surface area contributed by atoms with Crippen molar-refractivity contribution in [2.24, 2.45) is 0 Å². The molecule has 0 unspecified atom stereocenters. The molecule has 0 N–H and O–H groups in total. The van der Waals surface area contributed by atoms with E-state index in [2.05, 4.69) is 18.6 Å². The van der Waals surface area contributed by atoms with E-state index >= 15 is 0 Å². The Bertz CT molecular complexity index is 461. The van der Waals surface area contributed by atoms with Crippen LogP contribution < -0.4 is 0 Å². The number of ether oxygens (including phenoxy) is 1. The standard InChI is InChI=1S/C36H75P.C5H10O2/c1-3-5-7-9-11-13-15-17-19-21-23-25-27-29-31-33-35-37-36-34-32-30-28-26-24-22-20-18-16-14-12-10-8-6-4-2;1-3-5(6)7-4-2/h37H,3-36H2,1-2H3;3-4H2,1-2H3. The summed E-state index contributed by atoms with van der Waals surface area (Å²) < 4.78 is 4.55. The average molecular weight is 641 g/mol. The fraction of sp³-hybridized carbons (Fsp3) is 0.976. The van der Waals surface area contributed by atoms with Gasteiger partial charge in [0.15, 0.2) is 0 Å². The number of hydrogen-bond acceptors (Lipinski definition) is 2. The Balaban J connectivity index is 0. The third kappa shape index (κ3) is 46.3. The summed E-state index contributed by atoms with van der Waals surface area (Å²) in [5, 5.41) is 0. The van der Waals surface area contributed by atoms with Gasteiger partial charge in [-0.25, -0.2) is 0 Å². The Morgan fingerprint density at radius 3 is 0.773 bits per heavy atom. The quantitative estimate of drug-likeness (QED) is 0.0387. The molecule has 0 rings (SSSR count). The van der Waals surface area contributed by atoms with Crippen molar-refractivity contribution in [1.82, 2.24) is 0 Å². The summed E-state index contributed by atoms with van der Waals surface area (Å²) in [4.78, 5) is 10.2. The number of esters is 1. The van der Waals surface area contributed by atoms with Crippen molar-refractivity contribution in [3.05, 3.63) is 0 Å². The van der Waals surface area contributed by atoms with Crippen LogP contribution in [0.25, 0.3) is 0 Å². The minimum absolute atomic E-state index is 0.123. The zero-order chi connectivity index (χ0) is 32.4. The molecule has 2 nitrogen and oxygen atoms in total. The third-order valence-electron chi connectivity index (χ3n) is 9.01. The molecule has 0 aromatic carbocycles. The molecule has 0 saturated carbocycles. The minimum Gasteiger partial charge on any atom is -0.466 e. The lowest BCUT2D eigenvalue weighted by molar-refractivity contribution is -0.142. The smallest absolute Gasteiger partial charge is 0.305 e. The summed E-state index contributed by atoms with van der Waals surface area (Å²) in [6.07, 6.45) is 51.0. The highest BCUT2D eigenvalue weighted by Crippen LogP contribution is 2.19. The lowest BCUT2D eigenvalue weighted by atomic mass is 10.0. The molecule has 0 fully saturated rings. The minimum atomic E-state index is -0.123. The molecule has 0 aliphatic rings. The first-order valence-electron chi connectivity index (χ1n) is 20.6.